The van der Waals surface area contributed by atoms with Crippen molar-refractivity contribution in [3.8, 4) is 0 Å². The first-order valence-corrected chi connectivity index (χ1v) is 9.00. The quantitative estimate of drug-likeness (QED) is 0.250. The molecule has 0 aliphatic carbocycles. The van der Waals surface area contributed by atoms with Crippen molar-refractivity contribution in [2.75, 3.05) is 19.7 Å². The Morgan fingerprint density at radius 3 is 2.45 bits per heavy atom. The van der Waals surface area contributed by atoms with Gasteiger partial charge in [0.25, 0.3) is 0 Å². The molecular weight excluding hydrogens is 274 g/mol. The van der Waals surface area contributed by atoms with Crippen LogP contribution in [-0.2, 0) is 9.53 Å². The highest BCUT2D eigenvalue weighted by molar-refractivity contribution is 5.88. The van der Waals surface area contributed by atoms with Crippen LogP contribution in [0.2, 0.25) is 0 Å². The average molecular weight is 307 g/mol. The lowest BCUT2D eigenvalue weighted by atomic mass is 10.1. The van der Waals surface area contributed by atoms with Gasteiger partial charge in [0.15, 0.2) is 0 Å². The number of carbonyl (C=O) groups excluding carboxylic acids is 1. The van der Waals surface area contributed by atoms with Crippen molar-refractivity contribution in [1.29, 1.82) is 0 Å². The van der Waals surface area contributed by atoms with Gasteiger partial charge in [-0.05, 0) is 44.9 Å². The highest BCUT2D eigenvalue weighted by atomic mass is 16.5. The van der Waals surface area contributed by atoms with Gasteiger partial charge in [-0.2, -0.15) is 0 Å². The van der Waals surface area contributed by atoms with Crippen LogP contribution in [0.4, 0.5) is 0 Å². The van der Waals surface area contributed by atoms with E-state index in [-0.39, 0.29) is 5.97 Å². The first kappa shape index (κ1) is 18.8. The minimum atomic E-state index is -0.183. The summed E-state index contributed by atoms with van der Waals surface area (Å²) in [6.45, 7) is 6.85. The van der Waals surface area contributed by atoms with E-state index in [4.69, 9.17) is 4.74 Å². The summed E-state index contributed by atoms with van der Waals surface area (Å²) < 4.78 is 5.30. The van der Waals surface area contributed by atoms with Gasteiger partial charge in [0.05, 0.1) is 6.61 Å². The number of unbranched alkanes of at least 4 members (excludes halogenated alkanes) is 5. The predicted octanol–water partition coefficient (Wildman–Crippen LogP) is 4.84. The number of piperidine rings is 1. The lowest BCUT2D eigenvalue weighted by molar-refractivity contribution is -0.139. The minimum absolute atomic E-state index is 0.183. The number of ether oxygens (including phenoxy) is 1. The fraction of sp³-hybridized carbons (Fsp3) is 0.737. The fourth-order valence-corrected chi connectivity index (χ4v) is 2.61. The standard InChI is InChI=1S/C19H33NO2/c1-3-4-5-6-7-11-17-22-19(21)18(2)13-12-16-20-14-9-8-10-15-20/h12-13,16H,3-11,14-15,17H2,1-2H3/b16-12+,18-13-. The van der Waals surface area contributed by atoms with E-state index in [1.807, 2.05) is 19.1 Å². The van der Waals surface area contributed by atoms with Crippen LogP contribution in [0.25, 0.3) is 0 Å². The molecule has 1 rings (SSSR count). The third kappa shape index (κ3) is 8.91. The molecule has 0 aromatic rings. The summed E-state index contributed by atoms with van der Waals surface area (Å²) >= 11 is 0. The Balaban J connectivity index is 2.12. The molecule has 1 heterocycles. The third-order valence-electron chi connectivity index (χ3n) is 4.09. The molecule has 1 saturated heterocycles. The van der Waals surface area contributed by atoms with Gasteiger partial charge in [0, 0.05) is 18.7 Å². The average Bonchev–Trinajstić information content (AvgIpc) is 2.54. The van der Waals surface area contributed by atoms with Crippen molar-refractivity contribution < 1.29 is 9.53 Å². The highest BCUT2D eigenvalue weighted by Crippen LogP contribution is 2.09. The van der Waals surface area contributed by atoms with Gasteiger partial charge in [-0.3, -0.25) is 0 Å². The van der Waals surface area contributed by atoms with E-state index in [1.165, 1.54) is 44.9 Å². The van der Waals surface area contributed by atoms with Crippen LogP contribution in [0, 0.1) is 0 Å². The van der Waals surface area contributed by atoms with Gasteiger partial charge in [-0.1, -0.05) is 45.1 Å². The summed E-state index contributed by atoms with van der Waals surface area (Å²) in [6, 6.07) is 0. The second kappa shape index (κ2) is 12.3. The van der Waals surface area contributed by atoms with Crippen molar-refractivity contribution in [1.82, 2.24) is 4.90 Å². The molecule has 0 unspecified atom stereocenters. The highest BCUT2D eigenvalue weighted by Gasteiger charge is 2.06. The summed E-state index contributed by atoms with van der Waals surface area (Å²) in [5.41, 5.74) is 0.680. The predicted molar refractivity (Wildman–Crippen MR) is 92.7 cm³/mol. The number of nitrogens with zero attached hydrogens (tertiary/aromatic N) is 1. The second-order valence-electron chi connectivity index (χ2n) is 6.19. The van der Waals surface area contributed by atoms with Crippen LogP contribution in [0.1, 0.15) is 71.6 Å². The zero-order valence-electron chi connectivity index (χ0n) is 14.5. The molecule has 0 radical (unpaired) electrons. The number of allylic oxidation sites excluding steroid dienone is 2. The summed E-state index contributed by atoms with van der Waals surface area (Å²) in [5.74, 6) is -0.183. The lowest BCUT2D eigenvalue weighted by Crippen LogP contribution is -2.23. The maximum absolute atomic E-state index is 11.8. The molecule has 1 aliphatic rings. The molecule has 0 atom stereocenters. The summed E-state index contributed by atoms with van der Waals surface area (Å²) in [7, 11) is 0. The zero-order valence-corrected chi connectivity index (χ0v) is 14.5. The number of likely N-dealkylation sites (tertiary alicyclic amines) is 1. The molecule has 0 N–H and O–H groups in total. The van der Waals surface area contributed by atoms with E-state index >= 15 is 0 Å². The number of esters is 1. The molecule has 1 aliphatic heterocycles. The molecule has 0 aromatic carbocycles. The Morgan fingerprint density at radius 1 is 1.05 bits per heavy atom. The first-order chi connectivity index (χ1) is 10.7. The van der Waals surface area contributed by atoms with Gasteiger partial charge in [0.1, 0.15) is 0 Å². The van der Waals surface area contributed by atoms with E-state index in [0.29, 0.717) is 12.2 Å². The van der Waals surface area contributed by atoms with Gasteiger partial charge < -0.3 is 9.64 Å². The van der Waals surface area contributed by atoms with Gasteiger partial charge in [-0.15, -0.1) is 0 Å². The number of rotatable bonds is 10. The molecule has 0 bridgehead atoms. The van der Waals surface area contributed by atoms with E-state index in [0.717, 1.165) is 25.9 Å². The number of hydrogen-bond acceptors (Lipinski definition) is 3. The summed E-state index contributed by atoms with van der Waals surface area (Å²) in [4.78, 5) is 14.1. The van der Waals surface area contributed by atoms with Crippen molar-refractivity contribution in [3.63, 3.8) is 0 Å². The molecule has 3 nitrogen and oxygen atoms in total. The van der Waals surface area contributed by atoms with Crippen molar-refractivity contribution in [2.45, 2.75) is 71.6 Å². The maximum Gasteiger partial charge on any atom is 0.333 e. The monoisotopic (exact) mass is 307 g/mol. The molecule has 1 fully saturated rings. The molecular formula is C19H33NO2. The van der Waals surface area contributed by atoms with Crippen molar-refractivity contribution in [3.05, 3.63) is 23.9 Å². The van der Waals surface area contributed by atoms with Crippen LogP contribution < -0.4 is 0 Å². The Bertz CT molecular complexity index is 354. The third-order valence-corrected chi connectivity index (χ3v) is 4.09. The Hall–Kier alpha value is -1.25. The Labute approximate surface area is 136 Å². The molecule has 3 heteroatoms. The molecule has 0 saturated carbocycles. The number of hydrogen-bond donors (Lipinski definition) is 0. The van der Waals surface area contributed by atoms with Crippen LogP contribution in [0.5, 0.6) is 0 Å². The van der Waals surface area contributed by atoms with E-state index in [1.54, 1.807) is 0 Å². The molecule has 22 heavy (non-hydrogen) atoms. The first-order valence-electron chi connectivity index (χ1n) is 9.00. The van der Waals surface area contributed by atoms with Gasteiger partial charge in [0.2, 0.25) is 0 Å². The van der Waals surface area contributed by atoms with E-state index in [9.17, 15) is 4.79 Å². The van der Waals surface area contributed by atoms with Crippen LogP contribution in [0.15, 0.2) is 23.9 Å². The lowest BCUT2D eigenvalue weighted by Gasteiger charge is -2.24. The molecule has 126 valence electrons. The normalized spacial score (nSPS) is 16.3. The minimum Gasteiger partial charge on any atom is -0.462 e. The summed E-state index contributed by atoms with van der Waals surface area (Å²) in [6.07, 6.45) is 17.1. The largest absolute Gasteiger partial charge is 0.462 e. The SMILES string of the molecule is CCCCCCCCOC(=O)/C(C)=C\C=C\N1CCCCC1. The maximum atomic E-state index is 11.8. The number of carbonyl (C=O) groups is 1. The van der Waals surface area contributed by atoms with Gasteiger partial charge in [-0.25, -0.2) is 4.79 Å². The Morgan fingerprint density at radius 2 is 1.73 bits per heavy atom. The molecule has 0 spiro atoms. The Kier molecular flexibility index (Phi) is 10.5. The van der Waals surface area contributed by atoms with Gasteiger partial charge >= 0.3 is 5.97 Å². The fourth-order valence-electron chi connectivity index (χ4n) is 2.61. The van der Waals surface area contributed by atoms with E-state index in [2.05, 4.69) is 18.0 Å². The van der Waals surface area contributed by atoms with Crippen molar-refractivity contribution in [2.24, 2.45) is 0 Å². The van der Waals surface area contributed by atoms with Crippen LogP contribution in [-0.4, -0.2) is 30.6 Å². The van der Waals surface area contributed by atoms with E-state index < -0.39 is 0 Å². The zero-order chi connectivity index (χ0) is 16.0. The molecule has 0 aromatic heterocycles. The smallest absolute Gasteiger partial charge is 0.333 e. The second-order valence-corrected chi connectivity index (χ2v) is 6.19. The van der Waals surface area contributed by atoms with Crippen LogP contribution >= 0.6 is 0 Å². The van der Waals surface area contributed by atoms with Crippen LogP contribution in [0.3, 0.4) is 0 Å². The molecule has 0 amide bonds. The topological polar surface area (TPSA) is 29.5 Å². The van der Waals surface area contributed by atoms with Crippen molar-refractivity contribution >= 4 is 5.97 Å². The summed E-state index contributed by atoms with van der Waals surface area (Å²) in [5, 5.41) is 0.